The van der Waals surface area contributed by atoms with Crippen molar-refractivity contribution in [1.29, 1.82) is 0 Å². The number of benzene rings is 3. The third-order valence-electron chi connectivity index (χ3n) is 4.58. The molecule has 3 aromatic carbocycles. The number of rotatable bonds is 8. The fraction of sp³-hybridized carbons (Fsp3) is 0.136. The van der Waals surface area contributed by atoms with Crippen LogP contribution in [0.3, 0.4) is 0 Å². The van der Waals surface area contributed by atoms with E-state index in [1.807, 2.05) is 0 Å². The Hall–Kier alpha value is -4.67. The standard InChI is InChI=1S/C22H18N2O9/c1-30-20-10-15(18(24(28)29)12-21(20)31-2)13-32-22(25)33-19-9-8-16(23(26)27)11-17(19)14-6-4-3-5-7-14/h3-12H,13H2,1-2H3. The molecule has 0 fully saturated rings. The maximum Gasteiger partial charge on any atom is 0.514 e. The SMILES string of the molecule is COc1cc(COC(=O)Oc2ccc([N+](=O)[O-])cc2-c2ccccc2)c([N+](=O)[O-])cc1OC. The number of nitro benzene ring substituents is 2. The molecular weight excluding hydrogens is 436 g/mol. The monoisotopic (exact) mass is 454 g/mol. The Kier molecular flexibility index (Phi) is 7.03. The van der Waals surface area contributed by atoms with E-state index in [-0.39, 0.29) is 34.2 Å². The van der Waals surface area contributed by atoms with E-state index in [4.69, 9.17) is 18.9 Å². The molecule has 170 valence electrons. The predicted octanol–water partition coefficient (Wildman–Crippen LogP) is 4.90. The molecule has 11 heteroatoms. The summed E-state index contributed by atoms with van der Waals surface area (Å²) in [6, 6.07) is 14.9. The molecule has 0 amide bonds. The lowest BCUT2D eigenvalue weighted by Gasteiger charge is -2.12. The van der Waals surface area contributed by atoms with Gasteiger partial charge in [0.15, 0.2) is 11.5 Å². The first kappa shape index (κ1) is 23.0. The topological polar surface area (TPSA) is 140 Å². The van der Waals surface area contributed by atoms with Crippen molar-refractivity contribution in [3.8, 4) is 28.4 Å². The number of hydrogen-bond donors (Lipinski definition) is 0. The highest BCUT2D eigenvalue weighted by Crippen LogP contribution is 2.36. The summed E-state index contributed by atoms with van der Waals surface area (Å²) in [5.41, 5.74) is 0.427. The summed E-state index contributed by atoms with van der Waals surface area (Å²) in [5, 5.41) is 22.6. The summed E-state index contributed by atoms with van der Waals surface area (Å²) in [6.07, 6.45) is -1.15. The maximum atomic E-state index is 12.3. The quantitative estimate of drug-likeness (QED) is 0.201. The largest absolute Gasteiger partial charge is 0.514 e. The van der Waals surface area contributed by atoms with E-state index in [0.29, 0.717) is 11.1 Å². The second-order valence-corrected chi connectivity index (χ2v) is 6.54. The van der Waals surface area contributed by atoms with Crippen LogP contribution in [0, 0.1) is 20.2 Å². The molecule has 0 saturated heterocycles. The van der Waals surface area contributed by atoms with Crippen LogP contribution in [0.1, 0.15) is 5.56 Å². The third kappa shape index (κ3) is 5.34. The molecule has 0 aromatic heterocycles. The van der Waals surface area contributed by atoms with Gasteiger partial charge in [0.2, 0.25) is 0 Å². The summed E-state index contributed by atoms with van der Waals surface area (Å²) in [5.74, 6) is 0.393. The van der Waals surface area contributed by atoms with Gasteiger partial charge in [-0.2, -0.15) is 0 Å². The van der Waals surface area contributed by atoms with Crippen molar-refractivity contribution in [3.63, 3.8) is 0 Å². The number of nitrogens with zero attached hydrogens (tertiary/aromatic N) is 2. The normalized spacial score (nSPS) is 10.2. The molecule has 0 N–H and O–H groups in total. The smallest absolute Gasteiger partial charge is 0.493 e. The Bertz CT molecular complexity index is 1200. The van der Waals surface area contributed by atoms with Crippen molar-refractivity contribution < 1.29 is 33.6 Å². The zero-order chi connectivity index (χ0) is 24.0. The minimum atomic E-state index is -1.15. The summed E-state index contributed by atoms with van der Waals surface area (Å²) in [4.78, 5) is 33.7. The molecule has 0 aliphatic carbocycles. The number of non-ortho nitro benzene ring substituents is 1. The molecule has 3 rings (SSSR count). The Morgan fingerprint density at radius 2 is 1.52 bits per heavy atom. The Labute approximate surface area is 187 Å². The van der Waals surface area contributed by atoms with E-state index in [1.54, 1.807) is 30.3 Å². The fourth-order valence-electron chi connectivity index (χ4n) is 3.02. The van der Waals surface area contributed by atoms with Crippen molar-refractivity contribution in [3.05, 3.63) is 86.5 Å². The molecule has 0 radical (unpaired) electrons. The van der Waals surface area contributed by atoms with Gasteiger partial charge in [-0.1, -0.05) is 30.3 Å². The average Bonchev–Trinajstić information content (AvgIpc) is 2.82. The van der Waals surface area contributed by atoms with Crippen LogP contribution in [0.4, 0.5) is 16.2 Å². The van der Waals surface area contributed by atoms with E-state index in [2.05, 4.69) is 0 Å². The van der Waals surface area contributed by atoms with Crippen LogP contribution in [0.15, 0.2) is 60.7 Å². The van der Waals surface area contributed by atoms with Crippen molar-refractivity contribution >= 4 is 17.5 Å². The molecule has 0 saturated carbocycles. The molecule has 0 unspecified atom stereocenters. The highest BCUT2D eigenvalue weighted by atomic mass is 16.7. The van der Waals surface area contributed by atoms with Crippen LogP contribution >= 0.6 is 0 Å². The first-order chi connectivity index (χ1) is 15.8. The molecule has 0 heterocycles. The van der Waals surface area contributed by atoms with Gasteiger partial charge in [-0.05, 0) is 17.7 Å². The molecule has 0 bridgehead atoms. The summed E-state index contributed by atoms with van der Waals surface area (Å²) in [7, 11) is 2.70. The lowest BCUT2D eigenvalue weighted by atomic mass is 10.0. The highest BCUT2D eigenvalue weighted by molar-refractivity contribution is 5.76. The van der Waals surface area contributed by atoms with Gasteiger partial charge >= 0.3 is 6.16 Å². The number of methoxy groups -OCH3 is 2. The van der Waals surface area contributed by atoms with Gasteiger partial charge in [0.1, 0.15) is 12.4 Å². The van der Waals surface area contributed by atoms with Crippen LogP contribution in [0.25, 0.3) is 11.1 Å². The number of carbonyl (C=O) groups excluding carboxylic acids is 1. The van der Waals surface area contributed by atoms with Crippen molar-refractivity contribution in [1.82, 2.24) is 0 Å². The molecule has 0 atom stereocenters. The summed E-state index contributed by atoms with van der Waals surface area (Å²) >= 11 is 0. The lowest BCUT2D eigenvalue weighted by molar-refractivity contribution is -0.386. The molecule has 33 heavy (non-hydrogen) atoms. The first-order valence-corrected chi connectivity index (χ1v) is 9.41. The number of hydrogen-bond acceptors (Lipinski definition) is 9. The van der Waals surface area contributed by atoms with Crippen LogP contribution in [-0.2, 0) is 11.3 Å². The van der Waals surface area contributed by atoms with Crippen molar-refractivity contribution in [2.75, 3.05) is 14.2 Å². The van der Waals surface area contributed by atoms with Gasteiger partial charge in [0, 0.05) is 17.7 Å². The van der Waals surface area contributed by atoms with Crippen LogP contribution in [-0.4, -0.2) is 30.2 Å². The lowest BCUT2D eigenvalue weighted by Crippen LogP contribution is -2.12. The molecule has 0 aliphatic heterocycles. The zero-order valence-corrected chi connectivity index (χ0v) is 17.5. The maximum absolute atomic E-state index is 12.3. The molecule has 11 nitrogen and oxygen atoms in total. The van der Waals surface area contributed by atoms with Crippen LogP contribution in [0.5, 0.6) is 17.2 Å². The van der Waals surface area contributed by atoms with Crippen molar-refractivity contribution in [2.24, 2.45) is 0 Å². The zero-order valence-electron chi connectivity index (χ0n) is 17.5. The van der Waals surface area contributed by atoms with Crippen molar-refractivity contribution in [2.45, 2.75) is 6.61 Å². The predicted molar refractivity (Wildman–Crippen MR) is 116 cm³/mol. The highest BCUT2D eigenvalue weighted by Gasteiger charge is 2.22. The molecule has 0 spiro atoms. The second-order valence-electron chi connectivity index (χ2n) is 6.54. The number of ether oxygens (including phenoxy) is 4. The second kappa shape index (κ2) is 10.1. The molecule has 3 aromatic rings. The van der Waals surface area contributed by atoms with E-state index in [9.17, 15) is 25.0 Å². The van der Waals surface area contributed by atoms with E-state index < -0.39 is 22.6 Å². The fourth-order valence-corrected chi connectivity index (χ4v) is 3.02. The van der Waals surface area contributed by atoms with E-state index in [1.165, 1.54) is 38.5 Å². The average molecular weight is 454 g/mol. The van der Waals surface area contributed by atoms with Gasteiger partial charge in [0.25, 0.3) is 11.4 Å². The Morgan fingerprint density at radius 1 is 0.848 bits per heavy atom. The van der Waals surface area contributed by atoms with Gasteiger partial charge in [-0.3, -0.25) is 20.2 Å². The van der Waals surface area contributed by atoms with Gasteiger partial charge in [-0.25, -0.2) is 4.79 Å². The summed E-state index contributed by atoms with van der Waals surface area (Å²) in [6.45, 7) is -0.483. The summed E-state index contributed by atoms with van der Waals surface area (Å²) < 4.78 is 20.5. The van der Waals surface area contributed by atoms with Gasteiger partial charge < -0.3 is 18.9 Å². The van der Waals surface area contributed by atoms with E-state index >= 15 is 0 Å². The number of carbonyl (C=O) groups is 1. The Morgan fingerprint density at radius 3 is 2.12 bits per heavy atom. The Balaban J connectivity index is 1.84. The first-order valence-electron chi connectivity index (χ1n) is 9.41. The van der Waals surface area contributed by atoms with Gasteiger partial charge in [-0.15, -0.1) is 0 Å². The van der Waals surface area contributed by atoms with Crippen LogP contribution in [0.2, 0.25) is 0 Å². The molecular formula is C22H18N2O9. The third-order valence-corrected chi connectivity index (χ3v) is 4.58. The molecule has 0 aliphatic rings. The van der Waals surface area contributed by atoms with E-state index in [0.717, 1.165) is 6.07 Å². The minimum Gasteiger partial charge on any atom is -0.493 e. The minimum absolute atomic E-state index is 0.0265. The van der Waals surface area contributed by atoms with Crippen LogP contribution < -0.4 is 14.2 Å². The number of nitro groups is 2. The van der Waals surface area contributed by atoms with Gasteiger partial charge in [0.05, 0.1) is 35.7 Å².